The Morgan fingerprint density at radius 3 is 3.06 bits per heavy atom. The van der Waals surface area contributed by atoms with Crippen LogP contribution in [0, 0.1) is 0 Å². The molecule has 0 aromatic carbocycles. The van der Waals surface area contributed by atoms with E-state index in [1.165, 1.54) is 11.0 Å². The average molecular weight is 225 g/mol. The summed E-state index contributed by atoms with van der Waals surface area (Å²) in [6.45, 7) is 0.886. The Labute approximate surface area is 93.0 Å². The number of hydrogen-bond donors (Lipinski definition) is 1. The molecule has 2 heterocycles. The number of nitrogens with zero attached hydrogens (tertiary/aromatic N) is 5. The number of rotatable bonds is 3. The lowest BCUT2D eigenvalue weighted by Gasteiger charge is -2.34. The van der Waals surface area contributed by atoms with E-state index in [0.29, 0.717) is 6.54 Å². The van der Waals surface area contributed by atoms with Crippen LogP contribution < -0.4 is 0 Å². The number of tetrazole rings is 1. The Hall–Kier alpha value is -1.50. The highest BCUT2D eigenvalue weighted by molar-refractivity contribution is 5.76. The van der Waals surface area contributed by atoms with Crippen molar-refractivity contribution in [2.24, 2.45) is 0 Å². The maximum absolute atomic E-state index is 11.9. The lowest BCUT2D eigenvalue weighted by molar-refractivity contribution is -0.136. The molecule has 1 fully saturated rings. The van der Waals surface area contributed by atoms with Crippen molar-refractivity contribution < 1.29 is 9.90 Å². The van der Waals surface area contributed by atoms with Gasteiger partial charge in [0.1, 0.15) is 12.9 Å². The van der Waals surface area contributed by atoms with E-state index >= 15 is 0 Å². The maximum atomic E-state index is 11.9. The number of aliphatic hydroxyl groups excluding tert-OH is 1. The summed E-state index contributed by atoms with van der Waals surface area (Å²) in [7, 11) is 0. The molecule has 0 aliphatic carbocycles. The second-order valence-electron chi connectivity index (χ2n) is 3.93. The van der Waals surface area contributed by atoms with Crippen LogP contribution in [0.15, 0.2) is 6.33 Å². The van der Waals surface area contributed by atoms with E-state index in [2.05, 4.69) is 15.5 Å². The van der Waals surface area contributed by atoms with Crippen molar-refractivity contribution in [2.45, 2.75) is 31.8 Å². The maximum Gasteiger partial charge on any atom is 0.244 e. The Kier molecular flexibility index (Phi) is 3.45. The monoisotopic (exact) mass is 225 g/mol. The summed E-state index contributed by atoms with van der Waals surface area (Å²) >= 11 is 0. The van der Waals surface area contributed by atoms with Crippen LogP contribution in [-0.4, -0.2) is 55.3 Å². The minimum Gasteiger partial charge on any atom is -0.394 e. The standard InChI is InChI=1S/C9H15N5O2/c15-6-8-3-1-2-4-14(8)9(16)5-13-7-10-11-12-13/h7-8,15H,1-6H2. The molecule has 1 aliphatic rings. The van der Waals surface area contributed by atoms with E-state index in [-0.39, 0.29) is 25.1 Å². The summed E-state index contributed by atoms with van der Waals surface area (Å²) in [5.41, 5.74) is 0. The fourth-order valence-electron chi connectivity index (χ4n) is 2.00. The first-order valence-corrected chi connectivity index (χ1v) is 5.42. The molecule has 16 heavy (non-hydrogen) atoms. The number of carbonyl (C=O) groups is 1. The molecule has 1 atom stereocenters. The zero-order valence-corrected chi connectivity index (χ0v) is 8.99. The van der Waals surface area contributed by atoms with Crippen LogP contribution in [0.2, 0.25) is 0 Å². The van der Waals surface area contributed by atoms with Crippen LogP contribution in [0.5, 0.6) is 0 Å². The van der Waals surface area contributed by atoms with E-state index in [0.717, 1.165) is 19.3 Å². The van der Waals surface area contributed by atoms with E-state index in [1.54, 1.807) is 4.90 Å². The van der Waals surface area contributed by atoms with Gasteiger partial charge in [-0.05, 0) is 29.7 Å². The molecule has 1 aromatic rings. The fourth-order valence-corrected chi connectivity index (χ4v) is 2.00. The van der Waals surface area contributed by atoms with Gasteiger partial charge in [-0.1, -0.05) is 0 Å². The van der Waals surface area contributed by atoms with E-state index in [1.807, 2.05) is 0 Å². The van der Waals surface area contributed by atoms with Gasteiger partial charge in [-0.25, -0.2) is 4.68 Å². The number of piperidine rings is 1. The van der Waals surface area contributed by atoms with Crippen LogP contribution in [0.1, 0.15) is 19.3 Å². The van der Waals surface area contributed by atoms with Gasteiger partial charge < -0.3 is 10.0 Å². The molecule has 1 N–H and O–H groups in total. The number of aromatic nitrogens is 4. The van der Waals surface area contributed by atoms with Crippen molar-refractivity contribution in [3.05, 3.63) is 6.33 Å². The van der Waals surface area contributed by atoms with E-state index < -0.39 is 0 Å². The van der Waals surface area contributed by atoms with Gasteiger partial charge in [0.2, 0.25) is 5.91 Å². The third-order valence-corrected chi connectivity index (χ3v) is 2.85. The largest absolute Gasteiger partial charge is 0.394 e. The zero-order chi connectivity index (χ0) is 11.4. The Balaban J connectivity index is 1.97. The number of likely N-dealkylation sites (tertiary alicyclic amines) is 1. The van der Waals surface area contributed by atoms with Crippen molar-refractivity contribution in [2.75, 3.05) is 13.2 Å². The topological polar surface area (TPSA) is 84.1 Å². The number of carbonyl (C=O) groups excluding carboxylic acids is 1. The number of amides is 1. The molecule has 1 aromatic heterocycles. The molecular weight excluding hydrogens is 210 g/mol. The Morgan fingerprint density at radius 1 is 1.50 bits per heavy atom. The molecule has 0 radical (unpaired) electrons. The van der Waals surface area contributed by atoms with Crippen LogP contribution in [-0.2, 0) is 11.3 Å². The lowest BCUT2D eigenvalue weighted by atomic mass is 10.0. The van der Waals surface area contributed by atoms with E-state index in [9.17, 15) is 9.90 Å². The molecule has 7 nitrogen and oxygen atoms in total. The van der Waals surface area contributed by atoms with Gasteiger partial charge in [-0.3, -0.25) is 4.79 Å². The van der Waals surface area contributed by atoms with Crippen LogP contribution in [0.3, 0.4) is 0 Å². The Bertz CT molecular complexity index is 340. The first-order chi connectivity index (χ1) is 7.81. The Morgan fingerprint density at radius 2 is 2.38 bits per heavy atom. The molecule has 0 spiro atoms. The van der Waals surface area contributed by atoms with E-state index in [4.69, 9.17) is 0 Å². The summed E-state index contributed by atoms with van der Waals surface area (Å²) in [5.74, 6) is -0.0361. The quantitative estimate of drug-likeness (QED) is 0.716. The molecule has 88 valence electrons. The SMILES string of the molecule is O=C(Cn1cnnn1)N1CCCCC1CO. The number of aliphatic hydroxyl groups is 1. The van der Waals surface area contributed by atoms with Crippen molar-refractivity contribution in [1.82, 2.24) is 25.1 Å². The highest BCUT2D eigenvalue weighted by Crippen LogP contribution is 2.16. The van der Waals surface area contributed by atoms with Crippen molar-refractivity contribution in [1.29, 1.82) is 0 Å². The molecule has 2 rings (SSSR count). The summed E-state index contributed by atoms with van der Waals surface area (Å²) < 4.78 is 1.39. The van der Waals surface area contributed by atoms with Gasteiger partial charge in [0.25, 0.3) is 0 Å². The minimum absolute atomic E-state index is 0.0291. The second-order valence-corrected chi connectivity index (χ2v) is 3.93. The molecule has 0 saturated carbocycles. The molecule has 1 unspecified atom stereocenters. The molecule has 0 bridgehead atoms. The van der Waals surface area contributed by atoms with Crippen LogP contribution in [0.4, 0.5) is 0 Å². The van der Waals surface area contributed by atoms with Gasteiger partial charge in [-0.15, -0.1) is 5.10 Å². The summed E-state index contributed by atoms with van der Waals surface area (Å²) in [4.78, 5) is 13.7. The predicted molar refractivity (Wildman–Crippen MR) is 54.3 cm³/mol. The molecule has 1 aliphatic heterocycles. The fraction of sp³-hybridized carbons (Fsp3) is 0.778. The molecular formula is C9H15N5O2. The molecule has 1 saturated heterocycles. The third kappa shape index (κ3) is 2.35. The van der Waals surface area contributed by atoms with Crippen molar-refractivity contribution in [3.8, 4) is 0 Å². The van der Waals surface area contributed by atoms with Crippen LogP contribution in [0.25, 0.3) is 0 Å². The molecule has 1 amide bonds. The normalized spacial score (nSPS) is 21.1. The second kappa shape index (κ2) is 5.02. The average Bonchev–Trinajstić information content (AvgIpc) is 2.81. The zero-order valence-electron chi connectivity index (χ0n) is 8.99. The lowest BCUT2D eigenvalue weighted by Crippen LogP contribution is -2.47. The van der Waals surface area contributed by atoms with Gasteiger partial charge in [-0.2, -0.15) is 0 Å². The summed E-state index contributed by atoms with van der Waals surface area (Å²) in [5, 5.41) is 19.8. The predicted octanol–water partition coefficient (Wildman–Crippen LogP) is -0.953. The van der Waals surface area contributed by atoms with Gasteiger partial charge in [0, 0.05) is 6.54 Å². The summed E-state index contributed by atoms with van der Waals surface area (Å²) in [6, 6.07) is -0.0438. The first-order valence-electron chi connectivity index (χ1n) is 5.42. The minimum atomic E-state index is -0.0438. The highest BCUT2D eigenvalue weighted by atomic mass is 16.3. The third-order valence-electron chi connectivity index (χ3n) is 2.85. The number of hydrogen-bond acceptors (Lipinski definition) is 5. The van der Waals surface area contributed by atoms with Crippen molar-refractivity contribution in [3.63, 3.8) is 0 Å². The van der Waals surface area contributed by atoms with Crippen LogP contribution >= 0.6 is 0 Å². The highest BCUT2D eigenvalue weighted by Gasteiger charge is 2.26. The van der Waals surface area contributed by atoms with Gasteiger partial charge >= 0.3 is 0 Å². The molecule has 7 heteroatoms. The summed E-state index contributed by atoms with van der Waals surface area (Å²) in [6.07, 6.45) is 4.35. The first kappa shape index (κ1) is 11.0. The van der Waals surface area contributed by atoms with Gasteiger partial charge in [0.05, 0.1) is 12.6 Å². The van der Waals surface area contributed by atoms with Gasteiger partial charge in [0.15, 0.2) is 0 Å². The van der Waals surface area contributed by atoms with Crippen molar-refractivity contribution >= 4 is 5.91 Å². The smallest absolute Gasteiger partial charge is 0.244 e.